The van der Waals surface area contributed by atoms with E-state index >= 15 is 0 Å². The highest BCUT2D eigenvalue weighted by Gasteiger charge is 2.36. The first-order valence-electron chi connectivity index (χ1n) is 6.95. The quantitative estimate of drug-likeness (QED) is 0.836. The highest BCUT2D eigenvalue weighted by atomic mass is 16.3. The van der Waals surface area contributed by atoms with Gasteiger partial charge in [0.25, 0.3) is 5.91 Å². The van der Waals surface area contributed by atoms with Gasteiger partial charge in [-0.3, -0.25) is 9.69 Å². The summed E-state index contributed by atoms with van der Waals surface area (Å²) in [5.41, 5.74) is 0.665. The maximum Gasteiger partial charge on any atom is 0.253 e. The Hall–Kier alpha value is -1.55. The molecule has 0 radical (unpaired) electrons. The molecule has 1 aromatic carbocycles. The molecular formula is C15H20N2O2. The number of carbonyl (C=O) groups is 1. The topological polar surface area (TPSA) is 43.8 Å². The van der Waals surface area contributed by atoms with Gasteiger partial charge in [-0.25, -0.2) is 0 Å². The number of carbonyl (C=O) groups excluding carboxylic acids is 1. The van der Waals surface area contributed by atoms with Gasteiger partial charge in [0.15, 0.2) is 0 Å². The molecule has 2 saturated heterocycles. The molecule has 4 nitrogen and oxygen atoms in total. The summed E-state index contributed by atoms with van der Waals surface area (Å²) in [6.07, 6.45) is 3.53. The number of likely N-dealkylation sites (N-methyl/N-ethyl adjacent to an activating group) is 1. The summed E-state index contributed by atoms with van der Waals surface area (Å²) in [4.78, 5) is 16.9. The van der Waals surface area contributed by atoms with Gasteiger partial charge in [-0.2, -0.15) is 0 Å². The Kier molecular flexibility index (Phi) is 3.19. The van der Waals surface area contributed by atoms with Gasteiger partial charge in [0.05, 0.1) is 0 Å². The molecule has 2 heterocycles. The minimum absolute atomic E-state index is 0.0842. The first-order chi connectivity index (χ1) is 9.15. The largest absolute Gasteiger partial charge is 0.508 e. The molecule has 2 fully saturated rings. The van der Waals surface area contributed by atoms with Crippen LogP contribution in [0, 0.1) is 0 Å². The van der Waals surface area contributed by atoms with Crippen LogP contribution in [0.4, 0.5) is 0 Å². The zero-order chi connectivity index (χ0) is 13.4. The lowest BCUT2D eigenvalue weighted by Gasteiger charge is -2.25. The number of phenols is 1. The second-order valence-corrected chi connectivity index (χ2v) is 5.64. The first-order valence-corrected chi connectivity index (χ1v) is 6.95. The van der Waals surface area contributed by atoms with Gasteiger partial charge in [-0.1, -0.05) is 0 Å². The van der Waals surface area contributed by atoms with Gasteiger partial charge >= 0.3 is 0 Å². The Balaban J connectivity index is 1.75. The molecular weight excluding hydrogens is 240 g/mol. The molecule has 102 valence electrons. The van der Waals surface area contributed by atoms with Crippen LogP contribution in [0.5, 0.6) is 5.75 Å². The average Bonchev–Trinajstić information content (AvgIpc) is 2.63. The number of likely N-dealkylation sites (tertiary alicyclic amines) is 1. The van der Waals surface area contributed by atoms with Crippen LogP contribution in [-0.2, 0) is 0 Å². The van der Waals surface area contributed by atoms with Gasteiger partial charge in [0.1, 0.15) is 5.75 Å². The van der Waals surface area contributed by atoms with Crippen LogP contribution < -0.4 is 0 Å². The Morgan fingerprint density at radius 3 is 2.58 bits per heavy atom. The number of hydrogen-bond acceptors (Lipinski definition) is 3. The van der Waals surface area contributed by atoms with Gasteiger partial charge < -0.3 is 10.0 Å². The predicted octanol–water partition coefficient (Wildman–Crippen LogP) is 1.70. The van der Waals surface area contributed by atoms with E-state index in [0.717, 1.165) is 19.5 Å². The van der Waals surface area contributed by atoms with Gasteiger partial charge in [-0.05, 0) is 50.6 Å². The van der Waals surface area contributed by atoms with E-state index in [1.54, 1.807) is 24.3 Å². The van der Waals surface area contributed by atoms with E-state index in [4.69, 9.17) is 0 Å². The fourth-order valence-corrected chi connectivity index (χ4v) is 3.28. The number of amides is 1. The minimum Gasteiger partial charge on any atom is -0.508 e. The summed E-state index contributed by atoms with van der Waals surface area (Å²) in [5.74, 6) is 0.284. The Morgan fingerprint density at radius 1 is 1.16 bits per heavy atom. The smallest absolute Gasteiger partial charge is 0.253 e. The van der Waals surface area contributed by atoms with E-state index in [2.05, 4.69) is 11.9 Å². The summed E-state index contributed by atoms with van der Waals surface area (Å²) in [6, 6.07) is 7.69. The minimum atomic E-state index is 0.0842. The molecule has 0 saturated carbocycles. The zero-order valence-corrected chi connectivity index (χ0v) is 11.2. The van der Waals surface area contributed by atoms with Crippen molar-refractivity contribution < 1.29 is 9.90 Å². The van der Waals surface area contributed by atoms with Crippen molar-refractivity contribution in [3.8, 4) is 5.75 Å². The van der Waals surface area contributed by atoms with Crippen LogP contribution in [0.2, 0.25) is 0 Å². The molecule has 2 aliphatic heterocycles. The van der Waals surface area contributed by atoms with Crippen LogP contribution in [0.15, 0.2) is 24.3 Å². The van der Waals surface area contributed by atoms with Crippen LogP contribution >= 0.6 is 0 Å². The third kappa shape index (κ3) is 2.32. The van der Waals surface area contributed by atoms with Gasteiger partial charge in [0, 0.05) is 30.7 Å². The summed E-state index contributed by atoms with van der Waals surface area (Å²) in [5, 5.41) is 9.28. The highest BCUT2D eigenvalue weighted by Crippen LogP contribution is 2.29. The summed E-state index contributed by atoms with van der Waals surface area (Å²) in [6.45, 7) is 1.66. The molecule has 1 amide bonds. The molecule has 4 heteroatoms. The number of aromatic hydroxyl groups is 1. The van der Waals surface area contributed by atoms with Crippen LogP contribution in [0.3, 0.4) is 0 Å². The maximum absolute atomic E-state index is 12.5. The van der Waals surface area contributed by atoms with E-state index in [1.165, 1.54) is 12.8 Å². The number of fused-ring (bicyclic) bond motifs is 2. The lowest BCUT2D eigenvalue weighted by atomic mass is 10.1. The van der Waals surface area contributed by atoms with Crippen LogP contribution in [0.25, 0.3) is 0 Å². The molecule has 0 spiro atoms. The van der Waals surface area contributed by atoms with Crippen LogP contribution in [0.1, 0.15) is 29.6 Å². The van der Waals surface area contributed by atoms with Crippen molar-refractivity contribution in [3.63, 3.8) is 0 Å². The normalized spacial score (nSPS) is 27.3. The van der Waals surface area contributed by atoms with Gasteiger partial charge in [-0.15, -0.1) is 0 Å². The number of benzene rings is 1. The Labute approximate surface area is 113 Å². The summed E-state index contributed by atoms with van der Waals surface area (Å²) >= 11 is 0. The van der Waals surface area contributed by atoms with Crippen molar-refractivity contribution >= 4 is 5.91 Å². The first kappa shape index (κ1) is 12.5. The van der Waals surface area contributed by atoms with Crippen molar-refractivity contribution in [2.45, 2.75) is 31.3 Å². The van der Waals surface area contributed by atoms with Crippen molar-refractivity contribution in [2.75, 3.05) is 20.1 Å². The predicted molar refractivity (Wildman–Crippen MR) is 73.2 cm³/mol. The molecule has 0 aliphatic carbocycles. The molecule has 2 bridgehead atoms. The number of rotatable bonds is 1. The number of nitrogens with zero attached hydrogens (tertiary/aromatic N) is 2. The van der Waals surface area contributed by atoms with Crippen molar-refractivity contribution in [1.29, 1.82) is 0 Å². The standard InChI is InChI=1S/C15H20N2O2/c1-16-12-4-5-13(16)10-17(9-8-12)15(19)11-2-6-14(18)7-3-11/h2-3,6-7,12-13,18H,4-5,8-10H2,1H3. The molecule has 2 unspecified atom stereocenters. The van der Waals surface area contributed by atoms with E-state index in [9.17, 15) is 9.90 Å². The number of hydrogen-bond donors (Lipinski definition) is 1. The van der Waals surface area contributed by atoms with E-state index in [1.807, 2.05) is 4.90 Å². The highest BCUT2D eigenvalue weighted by molar-refractivity contribution is 5.94. The van der Waals surface area contributed by atoms with Crippen molar-refractivity contribution in [3.05, 3.63) is 29.8 Å². The van der Waals surface area contributed by atoms with Crippen molar-refractivity contribution in [2.24, 2.45) is 0 Å². The van der Waals surface area contributed by atoms with Crippen LogP contribution in [-0.4, -0.2) is 53.0 Å². The van der Waals surface area contributed by atoms with Crippen molar-refractivity contribution in [1.82, 2.24) is 9.80 Å². The monoisotopic (exact) mass is 260 g/mol. The van der Waals surface area contributed by atoms with E-state index < -0.39 is 0 Å². The SMILES string of the molecule is CN1C2CCC1CN(C(=O)c1ccc(O)cc1)CC2. The molecule has 19 heavy (non-hydrogen) atoms. The average molecular weight is 260 g/mol. The number of phenolic OH excluding ortho intramolecular Hbond substituents is 1. The molecule has 2 atom stereocenters. The second-order valence-electron chi connectivity index (χ2n) is 5.64. The van der Waals surface area contributed by atoms with E-state index in [-0.39, 0.29) is 11.7 Å². The van der Waals surface area contributed by atoms with E-state index in [0.29, 0.717) is 17.6 Å². The second kappa shape index (κ2) is 4.85. The molecule has 1 N–H and O–H groups in total. The lowest BCUT2D eigenvalue weighted by Crippen LogP contribution is -2.39. The third-order valence-electron chi connectivity index (χ3n) is 4.55. The molecule has 1 aromatic rings. The Bertz CT molecular complexity index is 472. The summed E-state index contributed by atoms with van der Waals surface area (Å²) < 4.78 is 0. The Morgan fingerprint density at radius 2 is 1.84 bits per heavy atom. The molecule has 0 aromatic heterocycles. The maximum atomic E-state index is 12.5. The third-order valence-corrected chi connectivity index (χ3v) is 4.55. The molecule has 3 rings (SSSR count). The zero-order valence-electron chi connectivity index (χ0n) is 11.2. The molecule has 2 aliphatic rings. The summed E-state index contributed by atoms with van der Waals surface area (Å²) in [7, 11) is 2.18. The fraction of sp³-hybridized carbons (Fsp3) is 0.533. The fourth-order valence-electron chi connectivity index (χ4n) is 3.28. The van der Waals surface area contributed by atoms with Gasteiger partial charge in [0.2, 0.25) is 0 Å². The lowest BCUT2D eigenvalue weighted by molar-refractivity contribution is 0.0740.